The van der Waals surface area contributed by atoms with Crippen LogP contribution in [0.3, 0.4) is 0 Å². The summed E-state index contributed by atoms with van der Waals surface area (Å²) in [6.45, 7) is 5.50. The van der Waals surface area contributed by atoms with E-state index in [0.29, 0.717) is 11.2 Å². The molecule has 0 heterocycles. The fourth-order valence-electron chi connectivity index (χ4n) is 4.42. The summed E-state index contributed by atoms with van der Waals surface area (Å²) in [6.07, 6.45) is 6.32. The molecule has 0 radical (unpaired) electrons. The van der Waals surface area contributed by atoms with Crippen LogP contribution < -0.4 is 5.73 Å². The summed E-state index contributed by atoms with van der Waals surface area (Å²) in [6, 6.07) is 0. The molecule has 0 spiro atoms. The molecule has 0 amide bonds. The van der Waals surface area contributed by atoms with Crippen molar-refractivity contribution in [1.29, 1.82) is 0 Å². The van der Waals surface area contributed by atoms with Crippen molar-refractivity contribution < 1.29 is 0 Å². The third-order valence-corrected chi connectivity index (χ3v) is 6.31. The number of nitrogens with two attached hydrogens (primary N) is 1. The third-order valence-electron chi connectivity index (χ3n) is 5.33. The van der Waals surface area contributed by atoms with E-state index in [1.54, 1.807) is 0 Å². The molecule has 6 unspecified atom stereocenters. The summed E-state index contributed by atoms with van der Waals surface area (Å²) in [5, 5.41) is 0.525. The van der Waals surface area contributed by atoms with Crippen molar-refractivity contribution in [3.05, 3.63) is 0 Å². The van der Waals surface area contributed by atoms with E-state index in [1.807, 2.05) is 0 Å². The Bertz CT molecular complexity index is 267. The largest absolute Gasteiger partial charge is 0.330 e. The average molecular weight is 274 g/mol. The average Bonchev–Trinajstić information content (AvgIpc) is 2.49. The van der Waals surface area contributed by atoms with Gasteiger partial charge in [0.2, 0.25) is 0 Å². The van der Waals surface area contributed by atoms with E-state index in [4.69, 9.17) is 31.0 Å². The minimum atomic E-state index is 0.225. The molecule has 2 fully saturated rings. The maximum absolute atomic E-state index is 6.00. The Balaban J connectivity index is 2.25. The van der Waals surface area contributed by atoms with E-state index in [-0.39, 0.29) is 4.75 Å². The van der Waals surface area contributed by atoms with Gasteiger partial charge in [-0.2, -0.15) is 25.3 Å². The van der Waals surface area contributed by atoms with Crippen LogP contribution >= 0.6 is 25.3 Å². The van der Waals surface area contributed by atoms with Gasteiger partial charge in [0.15, 0.2) is 0 Å². The highest BCUT2D eigenvalue weighted by Gasteiger charge is 2.49. The molecule has 0 aliphatic heterocycles. The van der Waals surface area contributed by atoms with Gasteiger partial charge >= 0.3 is 0 Å². The predicted octanol–water partition coefficient (Wildman–Crippen LogP) is 3.39. The summed E-state index contributed by atoms with van der Waals surface area (Å²) in [4.78, 5) is 0. The minimum absolute atomic E-state index is 0.225. The molecule has 2 N–H and O–H groups in total. The lowest BCUT2D eigenvalue weighted by molar-refractivity contribution is 0.191. The van der Waals surface area contributed by atoms with Crippen LogP contribution in [-0.2, 0) is 0 Å². The normalized spacial score (nSPS) is 51.0. The molecule has 2 saturated carbocycles. The first-order valence-electron chi connectivity index (χ1n) is 7.10. The molecule has 6 atom stereocenters. The van der Waals surface area contributed by atoms with Crippen molar-refractivity contribution in [3.8, 4) is 0 Å². The number of rotatable bonds is 2. The van der Waals surface area contributed by atoms with Crippen LogP contribution in [0.2, 0.25) is 0 Å². The monoisotopic (exact) mass is 273 g/mol. The van der Waals surface area contributed by atoms with Crippen molar-refractivity contribution >= 4 is 25.3 Å². The second-order valence-corrected chi connectivity index (χ2v) is 8.11. The molecule has 3 heteroatoms. The molecule has 0 aromatic heterocycles. The first-order valence-corrected chi connectivity index (χ1v) is 8.06. The number of hydrogen-bond acceptors (Lipinski definition) is 3. The van der Waals surface area contributed by atoms with Gasteiger partial charge in [-0.1, -0.05) is 20.3 Å². The van der Waals surface area contributed by atoms with Gasteiger partial charge in [-0.25, -0.2) is 0 Å². The number of fused-ring (bicyclic) bond motifs is 1. The first kappa shape index (κ1) is 14.1. The molecule has 1 nitrogen and oxygen atoms in total. The van der Waals surface area contributed by atoms with Gasteiger partial charge in [0, 0.05) is 10.00 Å². The van der Waals surface area contributed by atoms with Crippen LogP contribution in [0, 0.1) is 23.7 Å². The third kappa shape index (κ3) is 2.66. The van der Waals surface area contributed by atoms with Crippen LogP contribution in [0.4, 0.5) is 0 Å². The molecule has 0 aromatic carbocycles. The lowest BCUT2D eigenvalue weighted by Gasteiger charge is -2.34. The maximum Gasteiger partial charge on any atom is 0.0133 e. The molecule has 2 rings (SSSR count). The van der Waals surface area contributed by atoms with E-state index >= 15 is 0 Å². The van der Waals surface area contributed by atoms with E-state index < -0.39 is 0 Å². The van der Waals surface area contributed by atoms with Crippen LogP contribution in [0.1, 0.15) is 46.0 Å². The number of hydrogen-bond donors (Lipinski definition) is 3. The molecule has 0 aromatic rings. The Morgan fingerprint density at radius 2 is 2.06 bits per heavy atom. The zero-order valence-corrected chi connectivity index (χ0v) is 12.9. The molecular formula is C14H27NS2. The van der Waals surface area contributed by atoms with Crippen LogP contribution in [0.5, 0.6) is 0 Å². The van der Waals surface area contributed by atoms with Gasteiger partial charge in [-0.15, -0.1) is 0 Å². The van der Waals surface area contributed by atoms with E-state index in [0.717, 1.165) is 24.3 Å². The van der Waals surface area contributed by atoms with Gasteiger partial charge in [0.1, 0.15) is 0 Å². The fourth-order valence-corrected chi connectivity index (χ4v) is 5.34. The van der Waals surface area contributed by atoms with E-state index in [2.05, 4.69) is 13.8 Å². The summed E-state index contributed by atoms with van der Waals surface area (Å²) < 4.78 is 0.225. The standard InChI is InChI=1S/C14H27NS2/c1-3-11-9(8-15)6-10(16)7-13-12(11)4-5-14(13,2)17/h9-13,16-17H,3-8,15H2,1-2H3. The second kappa shape index (κ2) is 5.34. The Kier molecular flexibility index (Phi) is 4.42. The lowest BCUT2D eigenvalue weighted by Crippen LogP contribution is -2.32. The quantitative estimate of drug-likeness (QED) is 0.661. The van der Waals surface area contributed by atoms with Gasteiger partial charge < -0.3 is 5.73 Å². The fraction of sp³-hybridized carbons (Fsp3) is 1.00. The van der Waals surface area contributed by atoms with E-state index in [9.17, 15) is 0 Å². The molecule has 0 bridgehead atoms. The molecule has 100 valence electrons. The van der Waals surface area contributed by atoms with Gasteiger partial charge in [-0.05, 0) is 55.9 Å². The van der Waals surface area contributed by atoms with Gasteiger partial charge in [-0.3, -0.25) is 0 Å². The van der Waals surface area contributed by atoms with Crippen molar-refractivity contribution in [3.63, 3.8) is 0 Å². The molecule has 2 aliphatic rings. The van der Waals surface area contributed by atoms with Crippen LogP contribution in [0.25, 0.3) is 0 Å². The topological polar surface area (TPSA) is 26.0 Å². The summed E-state index contributed by atoms with van der Waals surface area (Å²) in [5.74, 6) is 3.07. The Morgan fingerprint density at radius 3 is 2.65 bits per heavy atom. The number of thiol groups is 2. The lowest BCUT2D eigenvalue weighted by atomic mass is 9.75. The van der Waals surface area contributed by atoms with Crippen molar-refractivity contribution in [2.24, 2.45) is 29.4 Å². The summed E-state index contributed by atoms with van der Waals surface area (Å²) in [5.41, 5.74) is 6.00. The zero-order chi connectivity index (χ0) is 12.6. The first-order chi connectivity index (χ1) is 7.99. The minimum Gasteiger partial charge on any atom is -0.330 e. The Labute approximate surface area is 117 Å². The maximum atomic E-state index is 6.00. The summed E-state index contributed by atoms with van der Waals surface area (Å²) >= 11 is 9.73. The van der Waals surface area contributed by atoms with E-state index in [1.165, 1.54) is 32.1 Å². The zero-order valence-electron chi connectivity index (χ0n) is 11.1. The molecule has 0 saturated heterocycles. The van der Waals surface area contributed by atoms with Crippen molar-refractivity contribution in [2.45, 2.75) is 55.9 Å². The Morgan fingerprint density at radius 1 is 1.35 bits per heavy atom. The SMILES string of the molecule is CCC1C(CN)CC(S)CC2C1CCC2(C)S. The van der Waals surface area contributed by atoms with Crippen LogP contribution in [-0.4, -0.2) is 16.5 Å². The van der Waals surface area contributed by atoms with Gasteiger partial charge in [0.25, 0.3) is 0 Å². The summed E-state index contributed by atoms with van der Waals surface area (Å²) in [7, 11) is 0. The molecule has 2 aliphatic carbocycles. The second-order valence-electron chi connectivity index (χ2n) is 6.36. The smallest absolute Gasteiger partial charge is 0.0133 e. The Hall–Kier alpha value is 0.660. The highest BCUT2D eigenvalue weighted by Crippen LogP contribution is 2.54. The predicted molar refractivity (Wildman–Crippen MR) is 81.9 cm³/mol. The van der Waals surface area contributed by atoms with Crippen molar-refractivity contribution in [1.82, 2.24) is 0 Å². The molecular weight excluding hydrogens is 246 g/mol. The van der Waals surface area contributed by atoms with Crippen molar-refractivity contribution in [2.75, 3.05) is 6.54 Å². The van der Waals surface area contributed by atoms with Gasteiger partial charge in [0.05, 0.1) is 0 Å². The highest BCUT2D eigenvalue weighted by molar-refractivity contribution is 7.82. The van der Waals surface area contributed by atoms with Crippen LogP contribution in [0.15, 0.2) is 0 Å². The highest BCUT2D eigenvalue weighted by atomic mass is 32.1. The molecule has 17 heavy (non-hydrogen) atoms.